The number of benzene rings is 2. The first kappa shape index (κ1) is 15.6. The fourth-order valence-electron chi connectivity index (χ4n) is 2.24. The van der Waals surface area contributed by atoms with Gasteiger partial charge in [0.2, 0.25) is 5.91 Å². The fraction of sp³-hybridized carbons (Fsp3) is 0.278. The van der Waals surface area contributed by atoms with Crippen molar-refractivity contribution in [3.8, 4) is 0 Å². The number of aryl methyl sites for hydroxylation is 1. The molecule has 0 aliphatic heterocycles. The summed E-state index contributed by atoms with van der Waals surface area (Å²) in [6.07, 6.45) is 0.537. The summed E-state index contributed by atoms with van der Waals surface area (Å²) in [6, 6.07) is 18.4. The molecule has 0 fully saturated rings. The summed E-state index contributed by atoms with van der Waals surface area (Å²) < 4.78 is 0. The number of carbonyl (C=O) groups is 1. The van der Waals surface area contributed by atoms with Gasteiger partial charge in [-0.1, -0.05) is 42.5 Å². The first-order chi connectivity index (χ1) is 10.2. The summed E-state index contributed by atoms with van der Waals surface area (Å²) in [5, 5.41) is 3.07. The Labute approximate surface area is 131 Å². The zero-order valence-electron chi connectivity index (χ0n) is 12.5. The van der Waals surface area contributed by atoms with E-state index in [1.807, 2.05) is 37.3 Å². The van der Waals surface area contributed by atoms with Gasteiger partial charge in [0.1, 0.15) is 0 Å². The Morgan fingerprint density at radius 1 is 1.10 bits per heavy atom. The van der Waals surface area contributed by atoms with E-state index >= 15 is 0 Å². The average Bonchev–Trinajstić information content (AvgIpc) is 2.48. The summed E-state index contributed by atoms with van der Waals surface area (Å²) in [6.45, 7) is 4.10. The SMILES string of the molecule is Cc1ccccc1C(C)NC(=O)CCSc1ccccc1. The Balaban J connectivity index is 1.78. The van der Waals surface area contributed by atoms with Gasteiger partial charge in [-0.2, -0.15) is 0 Å². The molecule has 1 unspecified atom stereocenters. The van der Waals surface area contributed by atoms with Gasteiger partial charge < -0.3 is 5.32 Å². The Morgan fingerprint density at radius 2 is 1.76 bits per heavy atom. The van der Waals surface area contributed by atoms with Gasteiger partial charge in [-0.15, -0.1) is 11.8 Å². The highest BCUT2D eigenvalue weighted by Crippen LogP contribution is 2.19. The molecular weight excluding hydrogens is 278 g/mol. The van der Waals surface area contributed by atoms with E-state index in [1.54, 1.807) is 11.8 Å². The normalized spacial score (nSPS) is 11.9. The minimum Gasteiger partial charge on any atom is -0.350 e. The van der Waals surface area contributed by atoms with Gasteiger partial charge in [0.05, 0.1) is 6.04 Å². The van der Waals surface area contributed by atoms with Crippen molar-refractivity contribution in [1.29, 1.82) is 0 Å². The number of hydrogen-bond donors (Lipinski definition) is 1. The lowest BCUT2D eigenvalue weighted by Gasteiger charge is -2.16. The summed E-state index contributed by atoms with van der Waals surface area (Å²) in [4.78, 5) is 13.2. The third kappa shape index (κ3) is 4.94. The van der Waals surface area contributed by atoms with Gasteiger partial charge in [0.15, 0.2) is 0 Å². The first-order valence-corrected chi connectivity index (χ1v) is 8.18. The monoisotopic (exact) mass is 299 g/mol. The van der Waals surface area contributed by atoms with Gasteiger partial charge in [-0.3, -0.25) is 4.79 Å². The number of amides is 1. The number of rotatable bonds is 6. The fourth-order valence-corrected chi connectivity index (χ4v) is 3.12. The minimum absolute atomic E-state index is 0.0559. The van der Waals surface area contributed by atoms with Gasteiger partial charge in [-0.25, -0.2) is 0 Å². The largest absolute Gasteiger partial charge is 0.350 e. The molecule has 2 aromatic rings. The smallest absolute Gasteiger partial charge is 0.221 e. The third-order valence-electron chi connectivity index (χ3n) is 3.37. The van der Waals surface area contributed by atoms with Crippen LogP contribution in [0, 0.1) is 6.92 Å². The van der Waals surface area contributed by atoms with Gasteiger partial charge in [0, 0.05) is 17.1 Å². The summed E-state index contributed by atoms with van der Waals surface area (Å²) in [5.41, 5.74) is 2.39. The van der Waals surface area contributed by atoms with E-state index in [2.05, 4.69) is 36.5 Å². The molecule has 0 heterocycles. The number of nitrogens with one attached hydrogen (secondary N) is 1. The van der Waals surface area contributed by atoms with Crippen molar-refractivity contribution in [2.75, 3.05) is 5.75 Å². The zero-order chi connectivity index (χ0) is 15.1. The van der Waals surface area contributed by atoms with Crippen LogP contribution >= 0.6 is 11.8 Å². The number of hydrogen-bond acceptors (Lipinski definition) is 2. The van der Waals surface area contributed by atoms with Crippen LogP contribution in [0.4, 0.5) is 0 Å². The first-order valence-electron chi connectivity index (χ1n) is 7.19. The maximum absolute atomic E-state index is 12.0. The van der Waals surface area contributed by atoms with E-state index in [1.165, 1.54) is 16.0 Å². The van der Waals surface area contributed by atoms with Crippen LogP contribution in [0.5, 0.6) is 0 Å². The molecule has 0 aliphatic rings. The van der Waals surface area contributed by atoms with Crippen molar-refractivity contribution in [2.24, 2.45) is 0 Å². The average molecular weight is 299 g/mol. The Kier molecular flexibility index (Phi) is 5.88. The van der Waals surface area contributed by atoms with Crippen LogP contribution in [0.2, 0.25) is 0 Å². The lowest BCUT2D eigenvalue weighted by atomic mass is 10.0. The highest BCUT2D eigenvalue weighted by molar-refractivity contribution is 7.99. The second-order valence-electron chi connectivity index (χ2n) is 5.06. The molecule has 21 heavy (non-hydrogen) atoms. The molecule has 1 atom stereocenters. The van der Waals surface area contributed by atoms with Crippen LogP contribution in [-0.4, -0.2) is 11.7 Å². The topological polar surface area (TPSA) is 29.1 Å². The highest BCUT2D eigenvalue weighted by atomic mass is 32.2. The van der Waals surface area contributed by atoms with Crippen LogP contribution in [0.1, 0.15) is 30.5 Å². The minimum atomic E-state index is 0.0559. The quantitative estimate of drug-likeness (QED) is 0.803. The molecule has 0 radical (unpaired) electrons. The van der Waals surface area contributed by atoms with E-state index in [0.717, 1.165) is 5.75 Å². The molecule has 0 saturated heterocycles. The van der Waals surface area contributed by atoms with Crippen LogP contribution < -0.4 is 5.32 Å². The van der Waals surface area contributed by atoms with Crippen LogP contribution in [0.25, 0.3) is 0 Å². The van der Waals surface area contributed by atoms with E-state index in [0.29, 0.717) is 6.42 Å². The molecule has 0 aliphatic carbocycles. The van der Waals surface area contributed by atoms with E-state index < -0.39 is 0 Å². The van der Waals surface area contributed by atoms with Crippen molar-refractivity contribution in [1.82, 2.24) is 5.32 Å². The molecule has 110 valence electrons. The van der Waals surface area contributed by atoms with Crippen molar-refractivity contribution in [3.63, 3.8) is 0 Å². The molecule has 0 spiro atoms. The molecular formula is C18H21NOS. The standard InChI is InChI=1S/C18H21NOS/c1-14-8-6-7-11-17(14)15(2)19-18(20)12-13-21-16-9-4-3-5-10-16/h3-11,15H,12-13H2,1-2H3,(H,19,20). The Morgan fingerprint density at radius 3 is 2.48 bits per heavy atom. The van der Waals surface area contributed by atoms with E-state index in [9.17, 15) is 4.79 Å². The summed E-state index contributed by atoms with van der Waals surface area (Å²) in [5.74, 6) is 0.908. The highest BCUT2D eigenvalue weighted by Gasteiger charge is 2.11. The van der Waals surface area contributed by atoms with Crippen molar-refractivity contribution < 1.29 is 4.79 Å². The predicted molar refractivity (Wildman–Crippen MR) is 89.5 cm³/mol. The van der Waals surface area contributed by atoms with Crippen molar-refractivity contribution in [2.45, 2.75) is 31.2 Å². The van der Waals surface area contributed by atoms with Crippen molar-refractivity contribution in [3.05, 3.63) is 65.7 Å². The van der Waals surface area contributed by atoms with Crippen molar-refractivity contribution >= 4 is 17.7 Å². The van der Waals surface area contributed by atoms with E-state index in [4.69, 9.17) is 0 Å². The van der Waals surface area contributed by atoms with Gasteiger partial charge >= 0.3 is 0 Å². The molecule has 2 rings (SSSR count). The Bertz CT molecular complexity index is 583. The molecule has 1 N–H and O–H groups in total. The van der Waals surface area contributed by atoms with Gasteiger partial charge in [0.25, 0.3) is 0 Å². The van der Waals surface area contributed by atoms with E-state index in [-0.39, 0.29) is 11.9 Å². The molecule has 3 heteroatoms. The van der Waals surface area contributed by atoms with Crippen LogP contribution in [-0.2, 0) is 4.79 Å². The Hall–Kier alpha value is -1.74. The maximum atomic E-state index is 12.0. The number of carbonyl (C=O) groups excluding carboxylic acids is 1. The molecule has 0 saturated carbocycles. The summed E-state index contributed by atoms with van der Waals surface area (Å²) in [7, 11) is 0. The molecule has 0 bridgehead atoms. The summed E-state index contributed by atoms with van der Waals surface area (Å²) >= 11 is 1.71. The molecule has 1 amide bonds. The van der Waals surface area contributed by atoms with Crippen LogP contribution in [0.15, 0.2) is 59.5 Å². The lowest BCUT2D eigenvalue weighted by molar-refractivity contribution is -0.121. The number of thioether (sulfide) groups is 1. The second kappa shape index (κ2) is 7.89. The lowest BCUT2D eigenvalue weighted by Crippen LogP contribution is -2.27. The zero-order valence-corrected chi connectivity index (χ0v) is 13.3. The molecule has 0 aromatic heterocycles. The third-order valence-corrected chi connectivity index (χ3v) is 4.39. The van der Waals surface area contributed by atoms with Crippen LogP contribution in [0.3, 0.4) is 0 Å². The molecule has 2 aromatic carbocycles. The predicted octanol–water partition coefficient (Wildman–Crippen LogP) is 4.35. The van der Waals surface area contributed by atoms with Gasteiger partial charge in [-0.05, 0) is 37.1 Å². The molecule has 2 nitrogen and oxygen atoms in total. The maximum Gasteiger partial charge on any atom is 0.221 e. The second-order valence-corrected chi connectivity index (χ2v) is 6.23.